The van der Waals surface area contributed by atoms with Gasteiger partial charge in [0, 0.05) is 25.7 Å². The van der Waals surface area contributed by atoms with E-state index in [4.69, 9.17) is 0 Å². The minimum absolute atomic E-state index is 1.21. The highest BCUT2D eigenvalue weighted by atomic mass is 32.1. The van der Waals surface area contributed by atoms with Crippen molar-refractivity contribution < 1.29 is 0 Å². The van der Waals surface area contributed by atoms with Crippen molar-refractivity contribution in [3.8, 4) is 11.1 Å². The highest BCUT2D eigenvalue weighted by Crippen LogP contribution is 2.39. The molecule has 1 aromatic heterocycles. The minimum Gasteiger partial charge on any atom is -0.135 e. The van der Waals surface area contributed by atoms with Gasteiger partial charge in [-0.15, -0.1) is 11.3 Å². The van der Waals surface area contributed by atoms with Crippen molar-refractivity contribution in [2.24, 2.45) is 0 Å². The largest absolute Gasteiger partial charge is 0.135 e. The summed E-state index contributed by atoms with van der Waals surface area (Å²) in [5.74, 6) is 0. The van der Waals surface area contributed by atoms with Crippen LogP contribution in [0.15, 0.2) is 66.7 Å². The van der Waals surface area contributed by atoms with E-state index in [1.165, 1.54) is 31.3 Å². The normalized spacial score (nSPS) is 11.2. The zero-order valence-corrected chi connectivity index (χ0v) is 11.1. The first-order valence-electron chi connectivity index (χ1n) is 6.31. The fourth-order valence-corrected chi connectivity index (χ4v) is 3.73. The van der Waals surface area contributed by atoms with Gasteiger partial charge in [0.1, 0.15) is 0 Å². The third-order valence-corrected chi connectivity index (χ3v) is 4.61. The molecule has 0 spiro atoms. The van der Waals surface area contributed by atoms with Crippen LogP contribution in [0.4, 0.5) is 0 Å². The molecule has 0 atom stereocenters. The zero-order chi connectivity index (χ0) is 12.7. The van der Waals surface area contributed by atoms with E-state index in [9.17, 15) is 0 Å². The van der Waals surface area contributed by atoms with Crippen molar-refractivity contribution >= 4 is 31.5 Å². The second-order valence-electron chi connectivity index (χ2n) is 4.56. The Labute approximate surface area is 115 Å². The molecule has 89 valence electrons. The fourth-order valence-electron chi connectivity index (χ4n) is 2.51. The van der Waals surface area contributed by atoms with Crippen LogP contribution in [0, 0.1) is 6.07 Å². The van der Waals surface area contributed by atoms with Gasteiger partial charge in [-0.05, 0) is 17.7 Å². The molecule has 1 heteroatoms. The third kappa shape index (κ3) is 1.66. The quantitative estimate of drug-likeness (QED) is 0.422. The molecule has 0 fully saturated rings. The van der Waals surface area contributed by atoms with Crippen LogP contribution >= 0.6 is 11.3 Å². The lowest BCUT2D eigenvalue weighted by atomic mass is 10.0. The van der Waals surface area contributed by atoms with Crippen molar-refractivity contribution in [2.45, 2.75) is 0 Å². The third-order valence-electron chi connectivity index (χ3n) is 3.40. The Kier molecular flexibility index (Phi) is 2.39. The molecule has 4 aromatic rings. The van der Waals surface area contributed by atoms with Crippen LogP contribution in [0.5, 0.6) is 0 Å². The first-order valence-corrected chi connectivity index (χ1v) is 7.12. The average Bonchev–Trinajstić information content (AvgIpc) is 2.87. The summed E-state index contributed by atoms with van der Waals surface area (Å²) in [5, 5.41) is 2.67. The Morgan fingerprint density at radius 2 is 1.53 bits per heavy atom. The molecule has 3 aromatic carbocycles. The molecule has 1 heterocycles. The number of hydrogen-bond acceptors (Lipinski definition) is 1. The molecule has 0 aliphatic rings. The molecule has 0 saturated carbocycles. The summed E-state index contributed by atoms with van der Waals surface area (Å²) in [6.45, 7) is 0. The Bertz CT molecular complexity index is 857. The van der Waals surface area contributed by atoms with E-state index in [0.717, 1.165) is 0 Å². The lowest BCUT2D eigenvalue weighted by Gasteiger charge is -2.02. The summed E-state index contributed by atoms with van der Waals surface area (Å²) in [4.78, 5) is 0. The highest BCUT2D eigenvalue weighted by molar-refractivity contribution is 7.26. The Balaban J connectivity index is 2.13. The Morgan fingerprint density at radius 3 is 2.42 bits per heavy atom. The van der Waals surface area contributed by atoms with Crippen LogP contribution in [0.1, 0.15) is 0 Å². The van der Waals surface area contributed by atoms with Crippen molar-refractivity contribution in [1.82, 2.24) is 0 Å². The smallest absolute Gasteiger partial charge is 0.0440 e. The molecule has 0 aliphatic heterocycles. The van der Waals surface area contributed by atoms with Gasteiger partial charge in [0.15, 0.2) is 0 Å². The van der Waals surface area contributed by atoms with E-state index in [1.54, 1.807) is 0 Å². The number of benzene rings is 3. The highest BCUT2D eigenvalue weighted by Gasteiger charge is 2.09. The van der Waals surface area contributed by atoms with Crippen molar-refractivity contribution in [3.63, 3.8) is 0 Å². The number of hydrogen-bond donors (Lipinski definition) is 0. The predicted octanol–water partition coefficient (Wildman–Crippen LogP) is 5.52. The number of rotatable bonds is 1. The predicted molar refractivity (Wildman–Crippen MR) is 83.6 cm³/mol. The first kappa shape index (κ1) is 10.8. The number of fused-ring (bicyclic) bond motifs is 3. The van der Waals surface area contributed by atoms with Gasteiger partial charge >= 0.3 is 0 Å². The maximum absolute atomic E-state index is 3.40. The van der Waals surface area contributed by atoms with Gasteiger partial charge in [-0.1, -0.05) is 60.7 Å². The fraction of sp³-hybridized carbons (Fsp3) is 0. The second-order valence-corrected chi connectivity index (χ2v) is 5.61. The van der Waals surface area contributed by atoms with Gasteiger partial charge in [-0.3, -0.25) is 0 Å². The molecular formula is C18H11S. The minimum atomic E-state index is 1.21. The van der Waals surface area contributed by atoms with Crippen LogP contribution in [0.3, 0.4) is 0 Å². The SMILES string of the molecule is [c]1ccc2c(sc3ccccc32)c1-c1ccccc1. The monoisotopic (exact) mass is 259 g/mol. The van der Waals surface area contributed by atoms with Crippen LogP contribution in [-0.4, -0.2) is 0 Å². The summed E-state index contributed by atoms with van der Waals surface area (Å²) in [5.41, 5.74) is 2.44. The molecule has 0 aliphatic carbocycles. The molecule has 0 N–H and O–H groups in total. The standard InChI is InChI=1S/C18H11S/c1-2-7-13(8-3-1)14-10-6-11-16-15-9-4-5-12-17(15)19-18(14)16/h1-9,11-12H. The van der Waals surface area contributed by atoms with Gasteiger partial charge in [-0.2, -0.15) is 0 Å². The molecular weight excluding hydrogens is 248 g/mol. The van der Waals surface area contributed by atoms with Gasteiger partial charge in [0.05, 0.1) is 0 Å². The van der Waals surface area contributed by atoms with Crippen molar-refractivity contribution in [1.29, 1.82) is 0 Å². The van der Waals surface area contributed by atoms with Crippen LogP contribution in [0.2, 0.25) is 0 Å². The maximum Gasteiger partial charge on any atom is 0.0440 e. The first-order chi connectivity index (χ1) is 9.43. The van der Waals surface area contributed by atoms with E-state index in [0.29, 0.717) is 0 Å². The zero-order valence-electron chi connectivity index (χ0n) is 10.3. The molecule has 0 unspecified atom stereocenters. The average molecular weight is 259 g/mol. The Hall–Kier alpha value is -2.12. The summed E-state index contributed by atoms with van der Waals surface area (Å²) >= 11 is 1.85. The lowest BCUT2D eigenvalue weighted by molar-refractivity contribution is 1.67. The molecule has 0 bridgehead atoms. The molecule has 1 radical (unpaired) electrons. The summed E-state index contributed by atoms with van der Waals surface area (Å²) in [6, 6.07) is 26.7. The van der Waals surface area contributed by atoms with Crippen LogP contribution < -0.4 is 0 Å². The second kappa shape index (κ2) is 4.22. The Morgan fingerprint density at radius 1 is 0.737 bits per heavy atom. The van der Waals surface area contributed by atoms with E-state index in [1.807, 2.05) is 17.4 Å². The lowest BCUT2D eigenvalue weighted by Crippen LogP contribution is -1.77. The van der Waals surface area contributed by atoms with Crippen LogP contribution in [-0.2, 0) is 0 Å². The van der Waals surface area contributed by atoms with E-state index in [-0.39, 0.29) is 0 Å². The topological polar surface area (TPSA) is 0 Å². The van der Waals surface area contributed by atoms with Gasteiger partial charge in [0.2, 0.25) is 0 Å². The number of thiophene rings is 1. The molecule has 0 nitrogen and oxygen atoms in total. The van der Waals surface area contributed by atoms with Crippen molar-refractivity contribution in [2.75, 3.05) is 0 Å². The van der Waals surface area contributed by atoms with Gasteiger partial charge < -0.3 is 0 Å². The molecule has 4 rings (SSSR count). The van der Waals surface area contributed by atoms with E-state index >= 15 is 0 Å². The molecule has 0 saturated heterocycles. The summed E-state index contributed by atoms with van der Waals surface area (Å²) in [6.07, 6.45) is 0. The van der Waals surface area contributed by atoms with E-state index in [2.05, 4.69) is 66.7 Å². The maximum atomic E-state index is 3.40. The molecule has 0 amide bonds. The summed E-state index contributed by atoms with van der Waals surface area (Å²) < 4.78 is 2.67. The van der Waals surface area contributed by atoms with Crippen molar-refractivity contribution in [3.05, 3.63) is 72.8 Å². The van der Waals surface area contributed by atoms with Gasteiger partial charge in [-0.25, -0.2) is 0 Å². The van der Waals surface area contributed by atoms with Crippen LogP contribution in [0.25, 0.3) is 31.3 Å². The van der Waals surface area contributed by atoms with E-state index < -0.39 is 0 Å². The van der Waals surface area contributed by atoms with Gasteiger partial charge in [0.25, 0.3) is 0 Å². The summed E-state index contributed by atoms with van der Waals surface area (Å²) in [7, 11) is 0. The molecule has 19 heavy (non-hydrogen) atoms.